The maximum Gasteiger partial charge on any atom is 0.259 e. The average Bonchev–Trinajstić information content (AvgIpc) is 3.16. The predicted molar refractivity (Wildman–Crippen MR) is 105 cm³/mol. The molecule has 1 amide bonds. The second-order valence-corrected chi connectivity index (χ2v) is 7.56. The van der Waals surface area contributed by atoms with E-state index in [0.717, 1.165) is 25.7 Å². The number of pyridine rings is 1. The first kappa shape index (κ1) is 18.8. The van der Waals surface area contributed by atoms with Gasteiger partial charge in [-0.2, -0.15) is 0 Å². The lowest BCUT2D eigenvalue weighted by atomic mass is 9.99. The van der Waals surface area contributed by atoms with Crippen molar-refractivity contribution in [2.45, 2.75) is 37.8 Å². The van der Waals surface area contributed by atoms with Crippen LogP contribution in [0.15, 0.2) is 29.2 Å². The number of rotatable bonds is 4. The number of carbonyl (C=O) groups excluding carboxylic acids is 1. The van der Waals surface area contributed by atoms with Gasteiger partial charge in [0, 0.05) is 24.7 Å². The fourth-order valence-corrected chi connectivity index (χ4v) is 4.44. The van der Waals surface area contributed by atoms with Crippen molar-refractivity contribution in [2.75, 3.05) is 33.9 Å². The zero-order valence-corrected chi connectivity index (χ0v) is 16.4. The smallest absolute Gasteiger partial charge is 0.259 e. The van der Waals surface area contributed by atoms with Gasteiger partial charge < -0.3 is 23.7 Å². The summed E-state index contributed by atoms with van der Waals surface area (Å²) >= 11 is 0. The number of benzene rings is 1. The lowest BCUT2D eigenvalue weighted by Gasteiger charge is -2.40. The number of carbonyl (C=O) groups is 1. The minimum Gasteiger partial charge on any atom is -0.493 e. The SMILES string of the molecule is COc1ccc2c(=O)n(CC(=O)N3CCOC4(CCCC4)C3)ccc2c1OC. The van der Waals surface area contributed by atoms with Crippen LogP contribution < -0.4 is 15.0 Å². The van der Waals surface area contributed by atoms with E-state index in [0.29, 0.717) is 42.0 Å². The summed E-state index contributed by atoms with van der Waals surface area (Å²) in [5.41, 5.74) is -0.387. The van der Waals surface area contributed by atoms with Gasteiger partial charge in [-0.3, -0.25) is 9.59 Å². The van der Waals surface area contributed by atoms with Crippen LogP contribution in [0.4, 0.5) is 0 Å². The number of hydrogen-bond acceptors (Lipinski definition) is 5. The Morgan fingerprint density at radius 1 is 1.14 bits per heavy atom. The Balaban J connectivity index is 1.58. The van der Waals surface area contributed by atoms with Crippen molar-refractivity contribution >= 4 is 16.7 Å². The molecule has 0 N–H and O–H groups in total. The van der Waals surface area contributed by atoms with Crippen molar-refractivity contribution in [3.8, 4) is 11.5 Å². The number of hydrogen-bond donors (Lipinski definition) is 0. The fraction of sp³-hybridized carbons (Fsp3) is 0.524. The molecule has 0 radical (unpaired) electrons. The van der Waals surface area contributed by atoms with Crippen molar-refractivity contribution in [1.29, 1.82) is 0 Å². The maximum absolute atomic E-state index is 12.9. The molecule has 2 aromatic rings. The van der Waals surface area contributed by atoms with Crippen molar-refractivity contribution in [1.82, 2.24) is 9.47 Å². The average molecular weight is 386 g/mol. The lowest BCUT2D eigenvalue weighted by molar-refractivity contribution is -0.150. The fourth-order valence-electron chi connectivity index (χ4n) is 4.44. The molecule has 2 fully saturated rings. The Hall–Kier alpha value is -2.54. The van der Waals surface area contributed by atoms with Crippen molar-refractivity contribution < 1.29 is 19.0 Å². The Kier molecular flexibility index (Phi) is 5.02. The van der Waals surface area contributed by atoms with Gasteiger partial charge in [0.05, 0.1) is 31.8 Å². The second-order valence-electron chi connectivity index (χ2n) is 7.56. The van der Waals surface area contributed by atoms with Gasteiger partial charge in [-0.15, -0.1) is 0 Å². The van der Waals surface area contributed by atoms with Gasteiger partial charge in [0.1, 0.15) is 6.54 Å². The minimum absolute atomic E-state index is 0.0270. The largest absolute Gasteiger partial charge is 0.493 e. The van der Waals surface area contributed by atoms with E-state index in [4.69, 9.17) is 14.2 Å². The Bertz CT molecular complexity index is 946. The Morgan fingerprint density at radius 3 is 2.64 bits per heavy atom. The summed E-state index contributed by atoms with van der Waals surface area (Å²) in [5.74, 6) is 1.04. The predicted octanol–water partition coefficient (Wildman–Crippen LogP) is 2.19. The van der Waals surface area contributed by atoms with Crippen LogP contribution in [-0.4, -0.2) is 54.9 Å². The molecule has 7 nitrogen and oxygen atoms in total. The van der Waals surface area contributed by atoms with E-state index in [2.05, 4.69) is 0 Å². The maximum atomic E-state index is 12.9. The van der Waals surface area contributed by atoms with Crippen LogP contribution >= 0.6 is 0 Å². The van der Waals surface area contributed by atoms with Gasteiger partial charge >= 0.3 is 0 Å². The molecule has 150 valence electrons. The summed E-state index contributed by atoms with van der Waals surface area (Å²) in [6.45, 7) is 1.79. The van der Waals surface area contributed by atoms with Crippen molar-refractivity contribution in [3.05, 3.63) is 34.7 Å². The molecule has 1 saturated carbocycles. The summed E-state index contributed by atoms with van der Waals surface area (Å²) in [5, 5.41) is 1.18. The Labute approximate surface area is 163 Å². The monoisotopic (exact) mass is 386 g/mol. The highest BCUT2D eigenvalue weighted by Crippen LogP contribution is 2.36. The van der Waals surface area contributed by atoms with E-state index < -0.39 is 0 Å². The van der Waals surface area contributed by atoms with E-state index in [-0.39, 0.29) is 23.6 Å². The van der Waals surface area contributed by atoms with Gasteiger partial charge in [-0.25, -0.2) is 0 Å². The highest BCUT2D eigenvalue weighted by molar-refractivity contribution is 5.90. The topological polar surface area (TPSA) is 70.0 Å². The molecule has 1 aromatic heterocycles. The molecule has 0 unspecified atom stereocenters. The van der Waals surface area contributed by atoms with Crippen LogP contribution in [0.25, 0.3) is 10.8 Å². The first-order valence-corrected chi connectivity index (χ1v) is 9.73. The highest BCUT2D eigenvalue weighted by atomic mass is 16.5. The molecule has 2 heterocycles. The molecule has 1 aromatic carbocycles. The molecular weight excluding hydrogens is 360 g/mol. The molecule has 1 saturated heterocycles. The first-order valence-electron chi connectivity index (χ1n) is 9.73. The summed E-state index contributed by atoms with van der Waals surface area (Å²) in [6.07, 6.45) is 5.97. The van der Waals surface area contributed by atoms with Gasteiger partial charge in [-0.05, 0) is 31.0 Å². The molecule has 28 heavy (non-hydrogen) atoms. The number of aromatic nitrogens is 1. The van der Waals surface area contributed by atoms with E-state index in [1.54, 1.807) is 38.6 Å². The third kappa shape index (κ3) is 3.24. The third-order valence-electron chi connectivity index (χ3n) is 5.92. The van der Waals surface area contributed by atoms with Crippen molar-refractivity contribution in [2.24, 2.45) is 0 Å². The number of methoxy groups -OCH3 is 2. The summed E-state index contributed by atoms with van der Waals surface area (Å²) in [4.78, 5) is 27.7. The molecule has 0 atom stereocenters. The quantitative estimate of drug-likeness (QED) is 0.806. The zero-order chi connectivity index (χ0) is 19.7. The van der Waals surface area contributed by atoms with E-state index in [1.807, 2.05) is 4.90 Å². The van der Waals surface area contributed by atoms with Gasteiger partial charge in [0.25, 0.3) is 5.56 Å². The molecule has 1 aliphatic heterocycles. The summed E-state index contributed by atoms with van der Waals surface area (Å²) in [7, 11) is 3.10. The lowest BCUT2D eigenvalue weighted by Crippen LogP contribution is -2.53. The van der Waals surface area contributed by atoms with Crippen LogP contribution in [0, 0.1) is 0 Å². The number of nitrogens with zero attached hydrogens (tertiary/aromatic N) is 2. The Morgan fingerprint density at radius 2 is 1.93 bits per heavy atom. The summed E-state index contributed by atoms with van der Waals surface area (Å²) in [6, 6.07) is 5.21. The van der Waals surface area contributed by atoms with Crippen LogP contribution in [0.3, 0.4) is 0 Å². The van der Waals surface area contributed by atoms with E-state index in [1.165, 1.54) is 4.57 Å². The molecule has 1 spiro atoms. The van der Waals surface area contributed by atoms with Crippen LogP contribution in [-0.2, 0) is 16.1 Å². The molecule has 1 aliphatic carbocycles. The van der Waals surface area contributed by atoms with E-state index in [9.17, 15) is 9.59 Å². The molecular formula is C21H26N2O5. The van der Waals surface area contributed by atoms with Crippen LogP contribution in [0.5, 0.6) is 11.5 Å². The number of ether oxygens (including phenoxy) is 3. The molecule has 7 heteroatoms. The van der Waals surface area contributed by atoms with Gasteiger partial charge in [-0.1, -0.05) is 12.8 Å². The summed E-state index contributed by atoms with van der Waals surface area (Å²) < 4.78 is 18.2. The van der Waals surface area contributed by atoms with Crippen LogP contribution in [0.1, 0.15) is 25.7 Å². The molecule has 2 aliphatic rings. The first-order chi connectivity index (χ1) is 13.6. The minimum atomic E-state index is -0.212. The highest BCUT2D eigenvalue weighted by Gasteiger charge is 2.40. The van der Waals surface area contributed by atoms with Crippen molar-refractivity contribution in [3.63, 3.8) is 0 Å². The number of amides is 1. The third-order valence-corrected chi connectivity index (χ3v) is 5.92. The zero-order valence-electron chi connectivity index (χ0n) is 16.4. The molecule has 4 rings (SSSR count). The van der Waals surface area contributed by atoms with E-state index >= 15 is 0 Å². The second kappa shape index (κ2) is 7.47. The number of morpholine rings is 1. The molecule has 0 bridgehead atoms. The standard InChI is InChI=1S/C21H26N2O5/c1-26-17-6-5-16-15(19(17)27-2)7-10-22(20(16)25)13-18(24)23-11-12-28-21(14-23)8-3-4-9-21/h5-7,10H,3-4,8-9,11-14H2,1-2H3. The van der Waals surface area contributed by atoms with Gasteiger partial charge in [0.2, 0.25) is 5.91 Å². The van der Waals surface area contributed by atoms with Crippen LogP contribution in [0.2, 0.25) is 0 Å². The van der Waals surface area contributed by atoms with Gasteiger partial charge in [0.15, 0.2) is 11.5 Å². The normalized spacial score (nSPS) is 18.6. The number of fused-ring (bicyclic) bond motifs is 1.